The average molecular weight is 372 g/mol. The minimum atomic E-state index is -1.42. The highest BCUT2D eigenvalue weighted by atomic mass is 32.2. The minimum absolute atomic E-state index is 0.116. The lowest BCUT2D eigenvalue weighted by Crippen LogP contribution is -2.43. The Labute approximate surface area is 153 Å². The molecule has 1 saturated heterocycles. The topological polar surface area (TPSA) is 60.4 Å². The number of rotatable bonds is 4. The Morgan fingerprint density at radius 2 is 1.92 bits per heavy atom. The van der Waals surface area contributed by atoms with Crippen LogP contribution in [0.4, 0.5) is 4.39 Å². The number of hydrogen-bond donors (Lipinski definition) is 0. The van der Waals surface area contributed by atoms with Gasteiger partial charge in [0.1, 0.15) is 16.2 Å². The van der Waals surface area contributed by atoms with Crippen molar-refractivity contribution in [3.63, 3.8) is 0 Å². The van der Waals surface area contributed by atoms with Crippen LogP contribution >= 0.6 is 24.0 Å². The summed E-state index contributed by atoms with van der Waals surface area (Å²) in [6.45, 7) is 0. The van der Waals surface area contributed by atoms with Gasteiger partial charge in [-0.1, -0.05) is 66.4 Å². The van der Waals surface area contributed by atoms with Gasteiger partial charge in [0.2, 0.25) is 0 Å². The van der Waals surface area contributed by atoms with Crippen LogP contribution in [0.2, 0.25) is 0 Å². The molecule has 4 nitrogen and oxygen atoms in total. The molecule has 3 rings (SSSR count). The molecular weight excluding hydrogens is 361 g/mol. The maximum atomic E-state index is 13.3. The first-order valence-corrected chi connectivity index (χ1v) is 8.48. The highest BCUT2D eigenvalue weighted by Gasteiger charge is 2.38. The second kappa shape index (κ2) is 7.16. The number of aliphatic carboxylic acids is 1. The van der Waals surface area contributed by atoms with E-state index in [0.717, 1.165) is 16.7 Å². The summed E-state index contributed by atoms with van der Waals surface area (Å²) < 4.78 is 13.4. The van der Waals surface area contributed by atoms with Crippen LogP contribution in [0.3, 0.4) is 0 Å². The first-order valence-electron chi connectivity index (χ1n) is 7.26. The second-order valence-electron chi connectivity index (χ2n) is 5.24. The van der Waals surface area contributed by atoms with E-state index in [1.54, 1.807) is 36.4 Å². The molecule has 0 bridgehead atoms. The van der Waals surface area contributed by atoms with Crippen molar-refractivity contribution in [1.29, 1.82) is 0 Å². The Morgan fingerprint density at radius 3 is 2.56 bits per heavy atom. The zero-order valence-electron chi connectivity index (χ0n) is 12.7. The molecule has 1 aliphatic heterocycles. The largest absolute Gasteiger partial charge is 0.547 e. The standard InChI is InChI=1S/C18H12FNO3S2/c19-13-8-4-5-11(9-13)10-14-16(21)20(18(24)25-14)15(17(22)23)12-6-2-1-3-7-12/h1-10,15H,(H,22,23)/p-1/b14-10-/t15-/m0/s1. The predicted molar refractivity (Wildman–Crippen MR) is 95.6 cm³/mol. The number of carboxylic acid groups (broad SMARTS) is 1. The van der Waals surface area contributed by atoms with Crippen LogP contribution in [0, 0.1) is 5.82 Å². The molecule has 1 heterocycles. The van der Waals surface area contributed by atoms with Gasteiger partial charge in [-0.3, -0.25) is 9.69 Å². The highest BCUT2D eigenvalue weighted by molar-refractivity contribution is 8.26. The zero-order valence-corrected chi connectivity index (χ0v) is 14.4. The summed E-state index contributed by atoms with van der Waals surface area (Å²) in [6.07, 6.45) is 1.49. The van der Waals surface area contributed by atoms with Crippen molar-refractivity contribution in [2.45, 2.75) is 6.04 Å². The summed E-state index contributed by atoms with van der Waals surface area (Å²) in [5, 5.41) is 11.6. The number of thioether (sulfide) groups is 1. The van der Waals surface area contributed by atoms with E-state index in [9.17, 15) is 19.1 Å². The lowest BCUT2D eigenvalue weighted by molar-refractivity contribution is -0.310. The van der Waals surface area contributed by atoms with E-state index in [-0.39, 0.29) is 9.23 Å². The Kier molecular flexibility index (Phi) is 4.96. The molecular formula is C18H11FNO3S2-. The maximum absolute atomic E-state index is 13.3. The lowest BCUT2D eigenvalue weighted by atomic mass is 10.1. The van der Waals surface area contributed by atoms with Gasteiger partial charge >= 0.3 is 0 Å². The van der Waals surface area contributed by atoms with E-state index in [0.29, 0.717) is 11.1 Å². The fourth-order valence-electron chi connectivity index (χ4n) is 2.48. The molecule has 0 unspecified atom stereocenters. The van der Waals surface area contributed by atoms with Crippen molar-refractivity contribution < 1.29 is 19.1 Å². The number of carbonyl (C=O) groups excluding carboxylic acids is 2. The number of thiocarbonyl (C=S) groups is 1. The Bertz CT molecular complexity index is 883. The first-order chi connectivity index (χ1) is 12.0. The van der Waals surface area contributed by atoms with Gasteiger partial charge in [0.15, 0.2) is 0 Å². The molecule has 2 aromatic carbocycles. The number of nitrogens with zero attached hydrogens (tertiary/aromatic N) is 1. The Hall–Kier alpha value is -2.51. The van der Waals surface area contributed by atoms with Crippen molar-refractivity contribution >= 4 is 46.3 Å². The SMILES string of the molecule is O=C([O-])[C@H](c1ccccc1)N1C(=O)/C(=C/c2cccc(F)c2)SC1=S. The van der Waals surface area contributed by atoms with Crippen LogP contribution in [0.15, 0.2) is 59.5 Å². The zero-order chi connectivity index (χ0) is 18.0. The lowest BCUT2D eigenvalue weighted by Gasteiger charge is -2.27. The molecule has 2 aromatic rings. The number of amides is 1. The number of benzene rings is 2. The fraction of sp³-hybridized carbons (Fsp3) is 0.0556. The van der Waals surface area contributed by atoms with Gasteiger partial charge < -0.3 is 9.90 Å². The van der Waals surface area contributed by atoms with E-state index in [2.05, 4.69) is 0 Å². The summed E-state index contributed by atoms with van der Waals surface area (Å²) in [6, 6.07) is 12.7. The van der Waals surface area contributed by atoms with Gasteiger partial charge in [-0.15, -0.1) is 0 Å². The van der Waals surface area contributed by atoms with Crippen LogP contribution in [0.5, 0.6) is 0 Å². The van der Waals surface area contributed by atoms with Gasteiger partial charge in [0.05, 0.1) is 10.9 Å². The molecule has 1 amide bonds. The molecule has 7 heteroatoms. The maximum Gasteiger partial charge on any atom is 0.267 e. The monoisotopic (exact) mass is 372 g/mol. The summed E-state index contributed by atoms with van der Waals surface area (Å²) in [5.74, 6) is -2.40. The van der Waals surface area contributed by atoms with Crippen LogP contribution in [-0.4, -0.2) is 21.1 Å². The van der Waals surface area contributed by atoms with Crippen LogP contribution < -0.4 is 5.11 Å². The summed E-state index contributed by atoms with van der Waals surface area (Å²) in [5.41, 5.74) is 0.885. The second-order valence-corrected chi connectivity index (χ2v) is 6.91. The van der Waals surface area contributed by atoms with Gasteiger partial charge in [-0.2, -0.15) is 0 Å². The summed E-state index contributed by atoms with van der Waals surface area (Å²) in [7, 11) is 0. The third-order valence-corrected chi connectivity index (χ3v) is 4.90. The van der Waals surface area contributed by atoms with E-state index in [1.807, 2.05) is 0 Å². The van der Waals surface area contributed by atoms with Crippen molar-refractivity contribution in [3.8, 4) is 0 Å². The molecule has 25 heavy (non-hydrogen) atoms. The van der Waals surface area contributed by atoms with E-state index < -0.39 is 23.7 Å². The van der Waals surface area contributed by atoms with Crippen molar-refractivity contribution in [1.82, 2.24) is 4.90 Å². The number of hydrogen-bond acceptors (Lipinski definition) is 5. The normalized spacial score (nSPS) is 17.2. The van der Waals surface area contributed by atoms with Crippen LogP contribution in [0.25, 0.3) is 6.08 Å². The molecule has 1 fully saturated rings. The predicted octanol–water partition coefficient (Wildman–Crippen LogP) is 2.52. The van der Waals surface area contributed by atoms with Gasteiger partial charge in [-0.25, -0.2) is 4.39 Å². The quantitative estimate of drug-likeness (QED) is 0.610. The van der Waals surface area contributed by atoms with Crippen molar-refractivity contribution in [2.24, 2.45) is 0 Å². The van der Waals surface area contributed by atoms with E-state index in [1.165, 1.54) is 24.3 Å². The van der Waals surface area contributed by atoms with Gasteiger partial charge in [0, 0.05) is 0 Å². The number of carbonyl (C=O) groups is 2. The molecule has 0 N–H and O–H groups in total. The van der Waals surface area contributed by atoms with Crippen molar-refractivity contribution in [3.05, 3.63) is 76.4 Å². The molecule has 0 aromatic heterocycles. The van der Waals surface area contributed by atoms with E-state index >= 15 is 0 Å². The Balaban J connectivity index is 1.96. The van der Waals surface area contributed by atoms with Crippen LogP contribution in [0.1, 0.15) is 17.2 Å². The van der Waals surface area contributed by atoms with Gasteiger partial charge in [0.25, 0.3) is 5.91 Å². The van der Waals surface area contributed by atoms with Crippen molar-refractivity contribution in [2.75, 3.05) is 0 Å². The van der Waals surface area contributed by atoms with E-state index in [4.69, 9.17) is 12.2 Å². The van der Waals surface area contributed by atoms with Crippen LogP contribution in [-0.2, 0) is 9.59 Å². The number of halogens is 1. The smallest absolute Gasteiger partial charge is 0.267 e. The highest BCUT2D eigenvalue weighted by Crippen LogP contribution is 2.38. The molecule has 1 atom stereocenters. The Morgan fingerprint density at radius 1 is 1.20 bits per heavy atom. The minimum Gasteiger partial charge on any atom is -0.547 e. The molecule has 0 spiro atoms. The van der Waals surface area contributed by atoms with Gasteiger partial charge in [-0.05, 0) is 29.3 Å². The molecule has 126 valence electrons. The molecule has 1 aliphatic rings. The first kappa shape index (κ1) is 17.3. The third kappa shape index (κ3) is 3.62. The molecule has 0 aliphatic carbocycles. The fourth-order valence-corrected chi connectivity index (χ4v) is 3.79. The summed E-state index contributed by atoms with van der Waals surface area (Å²) in [4.78, 5) is 25.6. The molecule has 0 saturated carbocycles. The summed E-state index contributed by atoms with van der Waals surface area (Å²) >= 11 is 6.17. The number of carboxylic acids is 1. The molecule has 0 radical (unpaired) electrons. The third-order valence-electron chi connectivity index (χ3n) is 3.57. The average Bonchev–Trinajstić information content (AvgIpc) is 2.84.